The monoisotopic (exact) mass is 307 g/mol. The van der Waals surface area contributed by atoms with Crippen molar-refractivity contribution >= 4 is 40.8 Å². The first-order valence-electron chi connectivity index (χ1n) is 5.51. The Hall–Kier alpha value is -0.440. The average Bonchev–Trinajstić information content (AvgIpc) is 2.31. The molecule has 0 bridgehead atoms. The quantitative estimate of drug-likeness (QED) is 0.575. The number of benzene rings is 1. The lowest BCUT2D eigenvalue weighted by Crippen LogP contribution is -2.21. The molecular weight excluding hydrogens is 294 g/mol. The van der Waals surface area contributed by atoms with Gasteiger partial charge in [0.25, 0.3) is 0 Å². The summed E-state index contributed by atoms with van der Waals surface area (Å²) in [7, 11) is 0. The molecular formula is C13H14Cl3O2. The predicted molar refractivity (Wildman–Crippen MR) is 74.7 cm³/mol. The lowest BCUT2D eigenvalue weighted by molar-refractivity contribution is 0.0335. The summed E-state index contributed by atoms with van der Waals surface area (Å²) < 4.78 is 5.20. The molecule has 1 rings (SSSR count). The van der Waals surface area contributed by atoms with E-state index in [9.17, 15) is 4.79 Å². The molecule has 0 N–H and O–H groups in total. The van der Waals surface area contributed by atoms with Crippen LogP contribution in [-0.4, -0.2) is 12.6 Å². The van der Waals surface area contributed by atoms with Crippen LogP contribution in [-0.2, 0) is 4.74 Å². The maximum Gasteiger partial charge on any atom is 0.340 e. The van der Waals surface area contributed by atoms with E-state index in [1.807, 2.05) is 20.8 Å². The molecule has 1 radical (unpaired) electrons. The number of carbonyl (C=O) groups excluding carboxylic acids is 1. The van der Waals surface area contributed by atoms with Crippen molar-refractivity contribution in [2.45, 2.75) is 27.2 Å². The topological polar surface area (TPSA) is 26.3 Å². The molecule has 0 saturated carbocycles. The molecule has 0 fully saturated rings. The zero-order chi connectivity index (χ0) is 13.9. The largest absolute Gasteiger partial charge is 0.461 e. The molecule has 0 atom stereocenters. The summed E-state index contributed by atoms with van der Waals surface area (Å²) in [5, 5.41) is 0.550. The molecule has 0 aromatic heterocycles. The van der Waals surface area contributed by atoms with Crippen LogP contribution in [0.4, 0.5) is 0 Å². The summed E-state index contributed by atoms with van der Waals surface area (Å²) in [6, 6.07) is 4.07. The number of ether oxygens (including phenoxy) is 1. The van der Waals surface area contributed by atoms with Crippen molar-refractivity contribution in [1.29, 1.82) is 0 Å². The average molecular weight is 309 g/mol. The molecule has 5 heteroatoms. The van der Waals surface area contributed by atoms with Gasteiger partial charge in [0.05, 0.1) is 27.2 Å². The van der Waals surface area contributed by atoms with Gasteiger partial charge in [-0.3, -0.25) is 0 Å². The molecule has 18 heavy (non-hydrogen) atoms. The third-order valence-electron chi connectivity index (χ3n) is 2.68. The molecule has 1 aromatic rings. The molecule has 0 heterocycles. The smallest absolute Gasteiger partial charge is 0.340 e. The van der Waals surface area contributed by atoms with Gasteiger partial charge in [-0.1, -0.05) is 55.6 Å². The molecule has 99 valence electrons. The number of rotatable bonds is 4. The Kier molecular flexibility index (Phi) is 5.32. The Labute approximate surface area is 122 Å². The Bertz CT molecular complexity index is 456. The fourth-order valence-corrected chi connectivity index (χ4v) is 1.72. The zero-order valence-electron chi connectivity index (χ0n) is 10.4. The molecule has 0 unspecified atom stereocenters. The van der Waals surface area contributed by atoms with E-state index in [1.165, 1.54) is 6.07 Å². The predicted octanol–water partition coefficient (Wildman–Crippen LogP) is 5.04. The molecule has 0 saturated heterocycles. The standard InChI is InChI=1S/C13H14Cl3O2/c1-4-13(2,3)7-18-12(17)9-5-8(14)6-10(15)11(9)16/h6H,4,7H2,1-3H3. The molecule has 0 aliphatic carbocycles. The van der Waals surface area contributed by atoms with Crippen molar-refractivity contribution < 1.29 is 9.53 Å². The van der Waals surface area contributed by atoms with E-state index in [-0.39, 0.29) is 26.0 Å². The van der Waals surface area contributed by atoms with Gasteiger partial charge < -0.3 is 4.74 Å². The maximum atomic E-state index is 11.9. The molecule has 0 aliphatic heterocycles. The van der Waals surface area contributed by atoms with Gasteiger partial charge >= 0.3 is 5.97 Å². The van der Waals surface area contributed by atoms with E-state index < -0.39 is 5.97 Å². The number of esters is 1. The Balaban J connectivity index is 2.85. The summed E-state index contributed by atoms with van der Waals surface area (Å²) in [6.45, 7) is 6.35. The molecule has 0 aliphatic rings. The fourth-order valence-electron chi connectivity index (χ4n) is 1.08. The first-order valence-corrected chi connectivity index (χ1v) is 6.64. The number of hydrogen-bond donors (Lipinski definition) is 0. The van der Waals surface area contributed by atoms with Crippen molar-refractivity contribution in [2.75, 3.05) is 6.61 Å². The van der Waals surface area contributed by atoms with Crippen LogP contribution in [0.3, 0.4) is 0 Å². The van der Waals surface area contributed by atoms with Crippen LogP contribution in [0, 0.1) is 11.5 Å². The van der Waals surface area contributed by atoms with Crippen molar-refractivity contribution in [3.8, 4) is 0 Å². The minimum absolute atomic E-state index is 0.0704. The van der Waals surface area contributed by atoms with Crippen LogP contribution in [0.1, 0.15) is 37.6 Å². The third-order valence-corrected chi connectivity index (χ3v) is 3.67. The zero-order valence-corrected chi connectivity index (χ0v) is 12.7. The molecule has 0 amide bonds. The summed E-state index contributed by atoms with van der Waals surface area (Å²) in [6.07, 6.45) is 0.897. The van der Waals surface area contributed by atoms with E-state index >= 15 is 0 Å². The normalized spacial score (nSPS) is 11.4. The second-order valence-electron chi connectivity index (χ2n) is 4.75. The minimum Gasteiger partial charge on any atom is -0.461 e. The molecule has 0 spiro atoms. The van der Waals surface area contributed by atoms with Crippen molar-refractivity contribution in [3.63, 3.8) is 0 Å². The first-order chi connectivity index (χ1) is 8.26. The first kappa shape index (κ1) is 15.6. The number of hydrogen-bond acceptors (Lipinski definition) is 2. The second-order valence-corrected chi connectivity index (χ2v) is 5.94. The van der Waals surface area contributed by atoms with Gasteiger partial charge in [0.1, 0.15) is 0 Å². The van der Waals surface area contributed by atoms with Crippen LogP contribution >= 0.6 is 34.8 Å². The highest BCUT2D eigenvalue weighted by Gasteiger charge is 2.21. The highest BCUT2D eigenvalue weighted by atomic mass is 35.5. The van der Waals surface area contributed by atoms with Gasteiger partial charge in [-0.15, -0.1) is 0 Å². The van der Waals surface area contributed by atoms with Gasteiger partial charge in [-0.05, 0) is 17.9 Å². The highest BCUT2D eigenvalue weighted by Crippen LogP contribution is 2.30. The van der Waals surface area contributed by atoms with Crippen molar-refractivity contribution in [1.82, 2.24) is 0 Å². The van der Waals surface area contributed by atoms with E-state index in [1.54, 1.807) is 0 Å². The van der Waals surface area contributed by atoms with Crippen LogP contribution in [0.5, 0.6) is 0 Å². The van der Waals surface area contributed by atoms with Crippen LogP contribution in [0.2, 0.25) is 15.1 Å². The van der Waals surface area contributed by atoms with Gasteiger partial charge in [0, 0.05) is 6.07 Å². The summed E-state index contributed by atoms with van der Waals surface area (Å²) in [4.78, 5) is 11.9. The second kappa shape index (κ2) is 6.14. The Morgan fingerprint density at radius 1 is 1.39 bits per heavy atom. The van der Waals surface area contributed by atoms with Gasteiger partial charge in [-0.2, -0.15) is 0 Å². The Morgan fingerprint density at radius 3 is 2.56 bits per heavy atom. The summed E-state index contributed by atoms with van der Waals surface area (Å²) in [5.74, 6) is -0.564. The van der Waals surface area contributed by atoms with Crippen molar-refractivity contribution in [3.05, 3.63) is 32.8 Å². The van der Waals surface area contributed by atoms with E-state index in [4.69, 9.17) is 39.5 Å². The lowest BCUT2D eigenvalue weighted by Gasteiger charge is -2.22. The van der Waals surface area contributed by atoms with E-state index in [0.717, 1.165) is 6.42 Å². The summed E-state index contributed by atoms with van der Waals surface area (Å²) in [5.41, 5.74) is -0.00843. The van der Waals surface area contributed by atoms with E-state index in [0.29, 0.717) is 6.61 Å². The van der Waals surface area contributed by atoms with Gasteiger partial charge in [0.2, 0.25) is 0 Å². The van der Waals surface area contributed by atoms with Gasteiger partial charge in [0.15, 0.2) is 0 Å². The summed E-state index contributed by atoms with van der Waals surface area (Å²) >= 11 is 17.5. The third kappa shape index (κ3) is 4.04. The van der Waals surface area contributed by atoms with Gasteiger partial charge in [-0.25, -0.2) is 4.79 Å². The van der Waals surface area contributed by atoms with Crippen molar-refractivity contribution in [2.24, 2.45) is 5.41 Å². The highest BCUT2D eigenvalue weighted by molar-refractivity contribution is 6.44. The van der Waals surface area contributed by atoms with Crippen LogP contribution in [0.15, 0.2) is 6.07 Å². The number of carbonyl (C=O) groups is 1. The maximum absolute atomic E-state index is 11.9. The van der Waals surface area contributed by atoms with Crippen LogP contribution < -0.4 is 0 Å². The van der Waals surface area contributed by atoms with E-state index in [2.05, 4.69) is 6.07 Å². The number of halogens is 3. The molecule has 2 nitrogen and oxygen atoms in total. The fraction of sp³-hybridized carbons (Fsp3) is 0.462. The van der Waals surface area contributed by atoms with Crippen LogP contribution in [0.25, 0.3) is 0 Å². The molecule has 1 aromatic carbocycles. The Morgan fingerprint density at radius 2 is 2.00 bits per heavy atom. The minimum atomic E-state index is -0.564. The SMILES string of the molecule is CCC(C)(C)COC(=O)c1[c]c(Cl)cc(Cl)c1Cl. The lowest BCUT2D eigenvalue weighted by atomic mass is 9.92.